The fourth-order valence-electron chi connectivity index (χ4n) is 2.39. The van der Waals surface area contributed by atoms with E-state index >= 15 is 0 Å². The average molecular weight is 307 g/mol. The normalized spacial score (nSPS) is 13.0. The molecule has 3 aromatic rings. The molecule has 2 heterocycles. The minimum Gasteiger partial charge on any atom is -0.387 e. The molecule has 1 unspecified atom stereocenters. The minimum absolute atomic E-state index is 0.473. The number of benzene rings is 1. The van der Waals surface area contributed by atoms with Crippen molar-refractivity contribution >= 4 is 33.8 Å². The number of aromatic nitrogens is 2. The first-order valence-electron chi connectivity index (χ1n) is 6.40. The summed E-state index contributed by atoms with van der Waals surface area (Å²) in [6.07, 6.45) is -0.138. The third-order valence-electron chi connectivity index (χ3n) is 3.45. The molecule has 0 bridgehead atoms. The van der Waals surface area contributed by atoms with E-state index in [1.165, 1.54) is 11.3 Å². The van der Waals surface area contributed by atoms with Gasteiger partial charge in [-0.2, -0.15) is 5.10 Å². The molecule has 0 saturated heterocycles. The third-order valence-corrected chi connectivity index (χ3v) is 5.26. The second-order valence-corrected chi connectivity index (χ2v) is 6.19. The first-order valence-corrected chi connectivity index (χ1v) is 7.66. The van der Waals surface area contributed by atoms with Crippen LogP contribution in [0.5, 0.6) is 0 Å². The topological polar surface area (TPSA) is 38.1 Å². The van der Waals surface area contributed by atoms with Crippen LogP contribution in [0, 0.1) is 6.92 Å². The summed E-state index contributed by atoms with van der Waals surface area (Å²) in [5.74, 6) is 0. The summed E-state index contributed by atoms with van der Waals surface area (Å²) in [4.78, 5) is 0.818. The zero-order chi connectivity index (χ0) is 14.3. The molecule has 104 valence electrons. The van der Waals surface area contributed by atoms with Crippen molar-refractivity contribution in [3.63, 3.8) is 0 Å². The number of hydrogen-bond acceptors (Lipinski definition) is 3. The monoisotopic (exact) mass is 306 g/mol. The van der Waals surface area contributed by atoms with Crippen molar-refractivity contribution in [1.29, 1.82) is 0 Å². The molecule has 1 aromatic carbocycles. The zero-order valence-electron chi connectivity index (χ0n) is 11.3. The van der Waals surface area contributed by atoms with Gasteiger partial charge in [-0.05, 0) is 23.9 Å². The lowest BCUT2D eigenvalue weighted by atomic mass is 10.1. The van der Waals surface area contributed by atoms with Crippen molar-refractivity contribution in [2.24, 2.45) is 7.05 Å². The number of para-hydroxylation sites is 1. The smallest absolute Gasteiger partial charge is 0.0953 e. The van der Waals surface area contributed by atoms with E-state index < -0.39 is 6.10 Å². The van der Waals surface area contributed by atoms with E-state index in [9.17, 15) is 5.11 Å². The Bertz CT molecular complexity index is 762. The van der Waals surface area contributed by atoms with E-state index in [1.807, 2.05) is 48.3 Å². The highest BCUT2D eigenvalue weighted by atomic mass is 35.5. The Labute approximate surface area is 126 Å². The zero-order valence-corrected chi connectivity index (χ0v) is 12.9. The van der Waals surface area contributed by atoms with E-state index in [4.69, 9.17) is 11.6 Å². The Morgan fingerprint density at radius 3 is 2.85 bits per heavy atom. The molecule has 0 aliphatic rings. The van der Waals surface area contributed by atoms with Gasteiger partial charge in [0, 0.05) is 18.9 Å². The molecular formula is C15H15ClN2OS. The number of nitrogens with zero attached hydrogens (tertiary/aromatic N) is 2. The van der Waals surface area contributed by atoms with Crippen LogP contribution < -0.4 is 0 Å². The van der Waals surface area contributed by atoms with Crippen LogP contribution in [-0.4, -0.2) is 14.9 Å². The molecular weight excluding hydrogens is 292 g/mol. The number of aryl methyl sites for hydroxylation is 2. The van der Waals surface area contributed by atoms with E-state index in [0.717, 1.165) is 27.0 Å². The molecule has 20 heavy (non-hydrogen) atoms. The van der Waals surface area contributed by atoms with Gasteiger partial charge >= 0.3 is 0 Å². The van der Waals surface area contributed by atoms with Gasteiger partial charge in [0.15, 0.2) is 0 Å². The van der Waals surface area contributed by atoms with Crippen molar-refractivity contribution in [3.05, 3.63) is 50.8 Å². The molecule has 3 nitrogen and oxygen atoms in total. The van der Waals surface area contributed by atoms with Gasteiger partial charge in [-0.25, -0.2) is 0 Å². The Kier molecular flexibility index (Phi) is 3.54. The van der Waals surface area contributed by atoms with Gasteiger partial charge in [-0.15, -0.1) is 11.3 Å². The molecule has 0 saturated carbocycles. The number of thiophene rings is 1. The van der Waals surface area contributed by atoms with Crippen LogP contribution >= 0.6 is 22.9 Å². The van der Waals surface area contributed by atoms with E-state index in [0.29, 0.717) is 11.4 Å². The van der Waals surface area contributed by atoms with Gasteiger partial charge in [0.25, 0.3) is 0 Å². The second-order valence-electron chi connectivity index (χ2n) is 4.90. The molecule has 1 N–H and O–H groups in total. The Morgan fingerprint density at radius 2 is 2.15 bits per heavy atom. The van der Waals surface area contributed by atoms with Crippen LogP contribution in [0.2, 0.25) is 5.02 Å². The highest BCUT2D eigenvalue weighted by Crippen LogP contribution is 2.34. The van der Waals surface area contributed by atoms with E-state index in [2.05, 4.69) is 5.10 Å². The fourth-order valence-corrected chi connectivity index (χ4v) is 3.70. The van der Waals surface area contributed by atoms with Crippen molar-refractivity contribution in [1.82, 2.24) is 9.78 Å². The predicted molar refractivity (Wildman–Crippen MR) is 83.4 cm³/mol. The van der Waals surface area contributed by atoms with Gasteiger partial charge in [0.2, 0.25) is 0 Å². The first-order chi connectivity index (χ1) is 9.58. The number of aliphatic hydroxyl groups is 1. The van der Waals surface area contributed by atoms with Crippen LogP contribution in [0.25, 0.3) is 10.9 Å². The molecule has 1 atom stereocenters. The van der Waals surface area contributed by atoms with E-state index in [1.54, 1.807) is 0 Å². The minimum atomic E-state index is -0.612. The molecule has 0 fully saturated rings. The molecule has 0 radical (unpaired) electrons. The molecule has 0 spiro atoms. The van der Waals surface area contributed by atoms with Gasteiger partial charge in [0.05, 0.1) is 27.2 Å². The molecule has 2 aromatic heterocycles. The van der Waals surface area contributed by atoms with Crippen LogP contribution in [0.15, 0.2) is 29.6 Å². The maximum Gasteiger partial charge on any atom is 0.0953 e. The summed E-state index contributed by atoms with van der Waals surface area (Å²) < 4.78 is 1.85. The predicted octanol–water partition coefficient (Wildman–Crippen LogP) is 3.87. The SMILES string of the molecule is Cc1csc(C(O)Cc2nn(C)c3ccccc23)c1Cl. The molecule has 5 heteroatoms. The molecule has 0 aliphatic carbocycles. The van der Waals surface area contributed by atoms with Crippen molar-refractivity contribution in [3.8, 4) is 0 Å². The maximum absolute atomic E-state index is 10.4. The molecule has 0 amide bonds. The van der Waals surface area contributed by atoms with Crippen LogP contribution in [0.4, 0.5) is 0 Å². The molecule has 3 rings (SSSR count). The largest absolute Gasteiger partial charge is 0.387 e. The highest BCUT2D eigenvalue weighted by molar-refractivity contribution is 7.10. The number of fused-ring (bicyclic) bond motifs is 1. The van der Waals surface area contributed by atoms with Crippen molar-refractivity contribution < 1.29 is 5.11 Å². The Balaban J connectivity index is 1.95. The van der Waals surface area contributed by atoms with Gasteiger partial charge < -0.3 is 5.11 Å². The summed E-state index contributed by atoms with van der Waals surface area (Å²) in [7, 11) is 1.92. The lowest BCUT2D eigenvalue weighted by Crippen LogP contribution is -2.02. The quantitative estimate of drug-likeness (QED) is 0.797. The first kappa shape index (κ1) is 13.6. The summed E-state index contributed by atoms with van der Waals surface area (Å²) in [5.41, 5.74) is 2.98. The van der Waals surface area contributed by atoms with Crippen LogP contribution in [-0.2, 0) is 13.5 Å². The molecule has 0 aliphatic heterocycles. The number of aliphatic hydroxyl groups excluding tert-OH is 1. The van der Waals surface area contributed by atoms with Crippen molar-refractivity contribution in [2.45, 2.75) is 19.4 Å². The van der Waals surface area contributed by atoms with Gasteiger partial charge in [-0.3, -0.25) is 4.68 Å². The summed E-state index contributed by atoms with van der Waals surface area (Å²) in [6.45, 7) is 1.95. The third kappa shape index (κ3) is 2.24. The maximum atomic E-state index is 10.4. The average Bonchev–Trinajstić information content (AvgIpc) is 2.93. The second kappa shape index (κ2) is 5.20. The van der Waals surface area contributed by atoms with Gasteiger partial charge in [0.1, 0.15) is 0 Å². The summed E-state index contributed by atoms with van der Waals surface area (Å²) in [6, 6.07) is 8.04. The lowest BCUT2D eigenvalue weighted by Gasteiger charge is -2.08. The number of halogens is 1. The van der Waals surface area contributed by atoms with Gasteiger partial charge in [-0.1, -0.05) is 29.8 Å². The summed E-state index contributed by atoms with van der Waals surface area (Å²) in [5, 5.41) is 18.6. The number of hydrogen-bond donors (Lipinski definition) is 1. The van der Waals surface area contributed by atoms with Crippen LogP contribution in [0.1, 0.15) is 22.2 Å². The van der Waals surface area contributed by atoms with Crippen molar-refractivity contribution in [2.75, 3.05) is 0 Å². The highest BCUT2D eigenvalue weighted by Gasteiger charge is 2.19. The Morgan fingerprint density at radius 1 is 1.40 bits per heavy atom. The summed E-state index contributed by atoms with van der Waals surface area (Å²) >= 11 is 7.72. The fraction of sp³-hybridized carbons (Fsp3) is 0.267. The van der Waals surface area contributed by atoms with E-state index in [-0.39, 0.29) is 0 Å². The lowest BCUT2D eigenvalue weighted by molar-refractivity contribution is 0.181. The van der Waals surface area contributed by atoms with Crippen LogP contribution in [0.3, 0.4) is 0 Å². The standard InChI is InChI=1S/C15H15ClN2OS/c1-9-8-20-15(14(9)16)13(19)7-11-10-5-3-4-6-12(10)18(2)17-11/h3-6,8,13,19H,7H2,1-2H3. The Hall–Kier alpha value is -1.36. The number of rotatable bonds is 3.